The van der Waals surface area contributed by atoms with Crippen LogP contribution in [0.15, 0.2) is 27.9 Å². The number of nitrogens with zero attached hydrogens (tertiary/aromatic N) is 3. The lowest BCUT2D eigenvalue weighted by molar-refractivity contribution is 0.0946. The monoisotopic (exact) mass is 299 g/mol. The van der Waals surface area contributed by atoms with Crippen LogP contribution in [-0.2, 0) is 0 Å². The van der Waals surface area contributed by atoms with Gasteiger partial charge in [-0.15, -0.1) is 0 Å². The van der Waals surface area contributed by atoms with Gasteiger partial charge in [-0.3, -0.25) is 4.79 Å². The first-order valence-electron chi connectivity index (χ1n) is 4.95. The quantitative estimate of drug-likeness (QED) is 0.663. The van der Waals surface area contributed by atoms with Gasteiger partial charge in [0.05, 0.1) is 16.3 Å². The third-order valence-electron chi connectivity index (χ3n) is 2.08. The van der Waals surface area contributed by atoms with Crippen LogP contribution in [0.3, 0.4) is 0 Å². The number of nitrogens with two attached hydrogens (primary N) is 1. The van der Waals surface area contributed by atoms with E-state index in [9.17, 15) is 4.79 Å². The molecule has 19 heavy (non-hydrogen) atoms. The summed E-state index contributed by atoms with van der Waals surface area (Å²) in [5.74, 6) is -0.762. The molecule has 0 aliphatic carbocycles. The molecule has 0 aliphatic rings. The molecule has 1 amide bonds. The van der Waals surface area contributed by atoms with Crippen LogP contribution < -0.4 is 11.2 Å². The average molecular weight is 300 g/mol. The minimum Gasteiger partial charge on any atom is -0.379 e. The highest BCUT2D eigenvalue weighted by Crippen LogP contribution is 2.24. The first-order valence-corrected chi connectivity index (χ1v) is 5.70. The topological polar surface area (TPSA) is 106 Å². The summed E-state index contributed by atoms with van der Waals surface area (Å²) in [6.45, 7) is 0. The molecule has 1 aromatic carbocycles. The normalized spacial score (nSPS) is 10.8. The predicted octanol–water partition coefficient (Wildman–Crippen LogP) is 1.72. The fourth-order valence-corrected chi connectivity index (χ4v) is 1.54. The van der Waals surface area contributed by atoms with E-state index in [0.717, 1.165) is 0 Å². The molecule has 2 rings (SSSR count). The maximum absolute atomic E-state index is 11.5. The molecule has 0 fully saturated rings. The van der Waals surface area contributed by atoms with Gasteiger partial charge in [0.1, 0.15) is 0 Å². The molecule has 0 radical (unpaired) electrons. The Balaban J connectivity index is 2.07. The lowest BCUT2D eigenvalue weighted by Gasteiger charge is -1.99. The van der Waals surface area contributed by atoms with E-state index in [4.69, 9.17) is 28.9 Å². The molecule has 3 N–H and O–H groups in total. The van der Waals surface area contributed by atoms with Gasteiger partial charge in [-0.2, -0.15) is 5.10 Å². The van der Waals surface area contributed by atoms with Crippen LogP contribution >= 0.6 is 23.2 Å². The van der Waals surface area contributed by atoms with Crippen molar-refractivity contribution >= 4 is 41.1 Å². The van der Waals surface area contributed by atoms with E-state index in [1.165, 1.54) is 6.21 Å². The number of hydrogen-bond donors (Lipinski definition) is 2. The molecule has 0 bridgehead atoms. The van der Waals surface area contributed by atoms with Crippen molar-refractivity contribution in [2.24, 2.45) is 5.10 Å². The zero-order valence-electron chi connectivity index (χ0n) is 9.30. The highest BCUT2D eigenvalue weighted by Gasteiger charge is 2.14. The molecule has 1 heterocycles. The summed E-state index contributed by atoms with van der Waals surface area (Å²) in [5.41, 5.74) is 7.97. The van der Waals surface area contributed by atoms with Crippen molar-refractivity contribution in [3.05, 3.63) is 39.5 Å². The Kier molecular flexibility index (Phi) is 3.98. The second kappa shape index (κ2) is 5.68. The third kappa shape index (κ3) is 3.01. The van der Waals surface area contributed by atoms with Crippen molar-refractivity contribution in [1.29, 1.82) is 0 Å². The van der Waals surface area contributed by atoms with E-state index in [0.29, 0.717) is 15.6 Å². The van der Waals surface area contributed by atoms with Crippen molar-refractivity contribution in [3.63, 3.8) is 0 Å². The average Bonchev–Trinajstić information content (AvgIpc) is 2.81. The van der Waals surface area contributed by atoms with Gasteiger partial charge in [0, 0.05) is 5.56 Å². The lowest BCUT2D eigenvalue weighted by atomic mass is 10.2. The first-order chi connectivity index (χ1) is 9.09. The number of carbonyl (C=O) groups is 1. The largest absolute Gasteiger partial charge is 0.379 e. The molecule has 98 valence electrons. The number of halogens is 2. The number of hydrazone groups is 1. The zero-order chi connectivity index (χ0) is 13.8. The van der Waals surface area contributed by atoms with E-state index in [-0.39, 0.29) is 11.5 Å². The number of benzene rings is 1. The van der Waals surface area contributed by atoms with Crippen molar-refractivity contribution in [1.82, 2.24) is 15.7 Å². The molecule has 0 unspecified atom stereocenters. The summed E-state index contributed by atoms with van der Waals surface area (Å²) in [5, 5.41) is 11.0. The molecule has 7 nitrogen and oxygen atoms in total. The summed E-state index contributed by atoms with van der Waals surface area (Å²) in [6.07, 6.45) is 1.34. The minimum absolute atomic E-state index is 0.117. The van der Waals surface area contributed by atoms with E-state index in [1.807, 2.05) is 0 Å². The first kappa shape index (κ1) is 13.3. The van der Waals surface area contributed by atoms with E-state index in [2.05, 4.69) is 25.5 Å². The van der Waals surface area contributed by atoms with Crippen LogP contribution in [0, 0.1) is 0 Å². The number of rotatable bonds is 3. The van der Waals surface area contributed by atoms with E-state index >= 15 is 0 Å². The number of aromatic nitrogens is 2. The van der Waals surface area contributed by atoms with Crippen molar-refractivity contribution < 1.29 is 9.42 Å². The summed E-state index contributed by atoms with van der Waals surface area (Å²) in [7, 11) is 0. The summed E-state index contributed by atoms with van der Waals surface area (Å²) in [6, 6.07) is 5.04. The third-order valence-corrected chi connectivity index (χ3v) is 2.91. The van der Waals surface area contributed by atoms with Crippen molar-refractivity contribution in [3.8, 4) is 0 Å². The standard InChI is InChI=1S/C10H7Cl2N5O2/c11-6-3-1-2-5(7(6)12)4-14-15-10(18)8-9(13)17-19-16-8/h1-4H,(H2,13,17)(H,15,18)/b14-4+. The number of hydrogen-bond acceptors (Lipinski definition) is 6. The Morgan fingerprint density at radius 3 is 2.89 bits per heavy atom. The fraction of sp³-hybridized carbons (Fsp3) is 0. The maximum atomic E-state index is 11.5. The SMILES string of the molecule is Nc1nonc1C(=O)N/N=C/c1cccc(Cl)c1Cl. The molecule has 0 saturated carbocycles. The molecule has 0 saturated heterocycles. The Bertz CT molecular complexity index is 641. The Morgan fingerprint density at radius 2 is 2.21 bits per heavy atom. The predicted molar refractivity (Wildman–Crippen MR) is 70.2 cm³/mol. The van der Waals surface area contributed by atoms with Gasteiger partial charge in [-0.25, -0.2) is 10.1 Å². The van der Waals surface area contributed by atoms with Crippen LogP contribution in [0.25, 0.3) is 0 Å². The number of amides is 1. The zero-order valence-corrected chi connectivity index (χ0v) is 10.8. The number of anilines is 1. The summed E-state index contributed by atoms with van der Waals surface area (Å²) < 4.78 is 4.29. The van der Waals surface area contributed by atoms with Crippen LogP contribution in [0.4, 0.5) is 5.82 Å². The molecule has 0 aliphatic heterocycles. The van der Waals surface area contributed by atoms with Gasteiger partial charge in [0.2, 0.25) is 11.5 Å². The summed E-state index contributed by atoms with van der Waals surface area (Å²) in [4.78, 5) is 11.5. The van der Waals surface area contributed by atoms with Gasteiger partial charge in [0.15, 0.2) is 0 Å². The van der Waals surface area contributed by atoms with E-state index < -0.39 is 5.91 Å². The Hall–Kier alpha value is -2.12. The van der Waals surface area contributed by atoms with Crippen molar-refractivity contribution in [2.75, 3.05) is 5.73 Å². The lowest BCUT2D eigenvalue weighted by Crippen LogP contribution is -2.19. The van der Waals surface area contributed by atoms with Crippen LogP contribution in [0.2, 0.25) is 10.0 Å². The minimum atomic E-state index is -0.645. The Labute approximate surface area is 117 Å². The molecule has 0 atom stereocenters. The molecular formula is C10H7Cl2N5O2. The number of nitrogens with one attached hydrogen (secondary N) is 1. The molecule has 1 aromatic heterocycles. The van der Waals surface area contributed by atoms with E-state index in [1.54, 1.807) is 18.2 Å². The van der Waals surface area contributed by atoms with Gasteiger partial charge < -0.3 is 5.73 Å². The smallest absolute Gasteiger partial charge is 0.297 e. The Morgan fingerprint density at radius 1 is 1.42 bits per heavy atom. The number of nitrogen functional groups attached to an aromatic ring is 1. The fourth-order valence-electron chi connectivity index (χ4n) is 1.19. The summed E-state index contributed by atoms with van der Waals surface area (Å²) >= 11 is 11.8. The van der Waals surface area contributed by atoms with Crippen molar-refractivity contribution in [2.45, 2.75) is 0 Å². The molecule has 0 spiro atoms. The number of carbonyl (C=O) groups excluding carboxylic acids is 1. The van der Waals surface area contributed by atoms with Gasteiger partial charge >= 0.3 is 0 Å². The van der Waals surface area contributed by atoms with Crippen LogP contribution in [0.5, 0.6) is 0 Å². The highest BCUT2D eigenvalue weighted by atomic mass is 35.5. The maximum Gasteiger partial charge on any atom is 0.297 e. The second-order valence-electron chi connectivity index (χ2n) is 3.34. The van der Waals surface area contributed by atoms with Gasteiger partial charge in [-0.1, -0.05) is 35.3 Å². The molecule has 2 aromatic rings. The van der Waals surface area contributed by atoms with Gasteiger partial charge in [0.25, 0.3) is 5.91 Å². The highest BCUT2D eigenvalue weighted by molar-refractivity contribution is 6.43. The molecular weight excluding hydrogens is 293 g/mol. The van der Waals surface area contributed by atoms with Crippen LogP contribution in [-0.4, -0.2) is 22.4 Å². The second-order valence-corrected chi connectivity index (χ2v) is 4.13. The van der Waals surface area contributed by atoms with Gasteiger partial charge in [-0.05, 0) is 16.4 Å². The molecule has 9 heteroatoms. The van der Waals surface area contributed by atoms with Crippen LogP contribution in [0.1, 0.15) is 16.1 Å².